The lowest BCUT2D eigenvalue weighted by Gasteiger charge is -2.43. The average Bonchev–Trinajstić information content (AvgIpc) is 2.76. The Hall–Kier alpha value is -0.570. The maximum Gasteiger partial charge on any atom is 0.221 e. The minimum atomic E-state index is 0.209. The Morgan fingerprint density at radius 1 is 1.37 bits per heavy atom. The number of fused-ring (bicyclic) bond motifs is 2. The largest absolute Gasteiger partial charge is 0.352 e. The molecule has 2 saturated carbocycles. The van der Waals surface area contributed by atoms with E-state index in [2.05, 4.69) is 45.3 Å². The first-order valence-corrected chi connectivity index (χ1v) is 7.82. The minimum Gasteiger partial charge on any atom is -0.352 e. The molecule has 0 saturated heterocycles. The van der Waals surface area contributed by atoms with Crippen LogP contribution >= 0.6 is 0 Å². The highest BCUT2D eigenvalue weighted by Gasteiger charge is 2.59. The van der Waals surface area contributed by atoms with Crippen molar-refractivity contribution in [3.05, 3.63) is 0 Å². The van der Waals surface area contributed by atoms with Crippen molar-refractivity contribution >= 4 is 5.91 Å². The van der Waals surface area contributed by atoms with Crippen LogP contribution in [0.4, 0.5) is 0 Å². The number of rotatable bonds is 5. The van der Waals surface area contributed by atoms with Gasteiger partial charge in [-0.25, -0.2) is 0 Å². The molecule has 0 radical (unpaired) electrons. The van der Waals surface area contributed by atoms with Crippen molar-refractivity contribution < 1.29 is 4.79 Å². The SMILES string of the molecule is CCNC(C)CC(=O)NC1C2(C)CCC(C2)C1(C)C. The van der Waals surface area contributed by atoms with Crippen LogP contribution in [0.5, 0.6) is 0 Å². The molecule has 0 spiro atoms. The van der Waals surface area contributed by atoms with Crippen LogP contribution in [0.25, 0.3) is 0 Å². The smallest absolute Gasteiger partial charge is 0.221 e. The number of hydrogen-bond acceptors (Lipinski definition) is 2. The molecule has 19 heavy (non-hydrogen) atoms. The zero-order valence-corrected chi connectivity index (χ0v) is 13.2. The van der Waals surface area contributed by atoms with E-state index in [0.717, 1.165) is 12.5 Å². The lowest BCUT2D eigenvalue weighted by Crippen LogP contribution is -2.53. The summed E-state index contributed by atoms with van der Waals surface area (Å²) in [6.45, 7) is 12.1. The maximum absolute atomic E-state index is 12.2. The molecular weight excluding hydrogens is 236 g/mol. The van der Waals surface area contributed by atoms with Crippen molar-refractivity contribution in [1.29, 1.82) is 0 Å². The lowest BCUT2D eigenvalue weighted by molar-refractivity contribution is -0.124. The van der Waals surface area contributed by atoms with E-state index in [1.165, 1.54) is 19.3 Å². The minimum absolute atomic E-state index is 0.209. The maximum atomic E-state index is 12.2. The fraction of sp³-hybridized carbons (Fsp3) is 0.938. The van der Waals surface area contributed by atoms with Crippen molar-refractivity contribution in [2.75, 3.05) is 6.54 Å². The first-order chi connectivity index (χ1) is 8.79. The van der Waals surface area contributed by atoms with E-state index in [1.807, 2.05) is 0 Å². The molecule has 2 rings (SSSR count). The lowest BCUT2D eigenvalue weighted by atomic mass is 9.68. The molecule has 4 atom stereocenters. The zero-order valence-electron chi connectivity index (χ0n) is 13.2. The van der Waals surface area contributed by atoms with E-state index in [0.29, 0.717) is 17.9 Å². The molecule has 0 heterocycles. The molecule has 2 aliphatic carbocycles. The molecule has 3 nitrogen and oxygen atoms in total. The van der Waals surface area contributed by atoms with Crippen LogP contribution in [-0.4, -0.2) is 24.5 Å². The Labute approximate surface area is 117 Å². The van der Waals surface area contributed by atoms with Gasteiger partial charge >= 0.3 is 0 Å². The second-order valence-electron chi connectivity index (χ2n) is 7.58. The number of carbonyl (C=O) groups excluding carboxylic acids is 1. The van der Waals surface area contributed by atoms with Gasteiger partial charge in [-0.05, 0) is 49.5 Å². The topological polar surface area (TPSA) is 41.1 Å². The van der Waals surface area contributed by atoms with Gasteiger partial charge in [-0.3, -0.25) is 4.79 Å². The summed E-state index contributed by atoms with van der Waals surface area (Å²) in [6, 6.07) is 0.611. The molecule has 0 aromatic rings. The van der Waals surface area contributed by atoms with Gasteiger partial charge in [0.25, 0.3) is 0 Å². The number of amides is 1. The van der Waals surface area contributed by atoms with Gasteiger partial charge in [0, 0.05) is 18.5 Å². The van der Waals surface area contributed by atoms with Crippen LogP contribution in [0.3, 0.4) is 0 Å². The summed E-state index contributed by atoms with van der Waals surface area (Å²) in [6.07, 6.45) is 4.48. The van der Waals surface area contributed by atoms with E-state index >= 15 is 0 Å². The van der Waals surface area contributed by atoms with Crippen LogP contribution in [0.2, 0.25) is 0 Å². The molecule has 2 aliphatic rings. The molecular formula is C16H30N2O. The van der Waals surface area contributed by atoms with Crippen LogP contribution in [0, 0.1) is 16.7 Å². The first-order valence-electron chi connectivity index (χ1n) is 7.82. The van der Waals surface area contributed by atoms with Crippen molar-refractivity contribution in [1.82, 2.24) is 10.6 Å². The molecule has 0 aliphatic heterocycles. The van der Waals surface area contributed by atoms with Crippen molar-refractivity contribution in [3.63, 3.8) is 0 Å². The Balaban J connectivity index is 1.97. The molecule has 110 valence electrons. The van der Waals surface area contributed by atoms with E-state index in [9.17, 15) is 4.79 Å². The second kappa shape index (κ2) is 5.08. The second-order valence-corrected chi connectivity index (χ2v) is 7.58. The van der Waals surface area contributed by atoms with Gasteiger partial charge < -0.3 is 10.6 Å². The van der Waals surface area contributed by atoms with E-state index in [1.54, 1.807) is 0 Å². The summed E-state index contributed by atoms with van der Waals surface area (Å²) < 4.78 is 0. The van der Waals surface area contributed by atoms with Gasteiger partial charge in [-0.15, -0.1) is 0 Å². The Kier molecular flexibility index (Phi) is 3.97. The monoisotopic (exact) mass is 266 g/mol. The summed E-state index contributed by atoms with van der Waals surface area (Å²) in [5.74, 6) is 0.995. The number of nitrogens with one attached hydrogen (secondary N) is 2. The highest BCUT2D eigenvalue weighted by Crippen LogP contribution is 2.62. The Morgan fingerprint density at radius 2 is 2.05 bits per heavy atom. The van der Waals surface area contributed by atoms with Gasteiger partial charge in [0.15, 0.2) is 0 Å². The van der Waals surface area contributed by atoms with Crippen molar-refractivity contribution in [3.8, 4) is 0 Å². The van der Waals surface area contributed by atoms with E-state index < -0.39 is 0 Å². The van der Waals surface area contributed by atoms with Crippen LogP contribution < -0.4 is 10.6 Å². The average molecular weight is 266 g/mol. The molecule has 3 heteroatoms. The van der Waals surface area contributed by atoms with E-state index in [-0.39, 0.29) is 17.4 Å². The third kappa shape index (κ3) is 2.67. The third-order valence-corrected chi connectivity index (χ3v) is 5.62. The van der Waals surface area contributed by atoms with Crippen molar-refractivity contribution in [2.45, 2.75) is 72.4 Å². The fourth-order valence-electron chi connectivity index (χ4n) is 4.58. The zero-order chi connectivity index (χ0) is 14.3. The van der Waals surface area contributed by atoms with Gasteiger partial charge in [-0.2, -0.15) is 0 Å². The third-order valence-electron chi connectivity index (χ3n) is 5.62. The molecule has 2 bridgehead atoms. The fourth-order valence-corrected chi connectivity index (χ4v) is 4.58. The normalized spacial score (nSPS) is 37.3. The highest BCUT2D eigenvalue weighted by atomic mass is 16.1. The quantitative estimate of drug-likeness (QED) is 0.803. The van der Waals surface area contributed by atoms with Gasteiger partial charge in [0.05, 0.1) is 0 Å². The molecule has 0 aromatic carbocycles. The Morgan fingerprint density at radius 3 is 2.58 bits per heavy atom. The highest BCUT2D eigenvalue weighted by molar-refractivity contribution is 5.77. The summed E-state index contributed by atoms with van der Waals surface area (Å²) in [7, 11) is 0. The number of hydrogen-bond donors (Lipinski definition) is 2. The first kappa shape index (κ1) is 14.8. The summed E-state index contributed by atoms with van der Waals surface area (Å²) in [4.78, 5) is 12.2. The molecule has 2 fully saturated rings. The molecule has 2 N–H and O–H groups in total. The summed E-state index contributed by atoms with van der Waals surface area (Å²) in [5.41, 5.74) is 0.579. The predicted molar refractivity (Wildman–Crippen MR) is 78.9 cm³/mol. The number of carbonyl (C=O) groups is 1. The van der Waals surface area contributed by atoms with Gasteiger partial charge in [0.2, 0.25) is 5.91 Å². The van der Waals surface area contributed by atoms with Crippen LogP contribution in [0.15, 0.2) is 0 Å². The summed E-state index contributed by atoms with van der Waals surface area (Å²) in [5, 5.41) is 6.66. The van der Waals surface area contributed by atoms with Crippen LogP contribution in [-0.2, 0) is 4.79 Å². The standard InChI is InChI=1S/C16H30N2O/c1-6-17-11(2)9-13(19)18-14-15(3,4)12-7-8-16(14,5)10-12/h11-12,14,17H,6-10H2,1-5H3,(H,18,19). The molecule has 0 aromatic heterocycles. The van der Waals surface area contributed by atoms with E-state index in [4.69, 9.17) is 0 Å². The van der Waals surface area contributed by atoms with Crippen LogP contribution in [0.1, 0.15) is 60.3 Å². The van der Waals surface area contributed by atoms with Gasteiger partial charge in [0.1, 0.15) is 0 Å². The Bertz CT molecular complexity index is 348. The van der Waals surface area contributed by atoms with Gasteiger partial charge in [-0.1, -0.05) is 27.7 Å². The molecule has 1 amide bonds. The predicted octanol–water partition coefficient (Wildman–Crippen LogP) is 2.71. The molecule has 4 unspecified atom stereocenters. The summed E-state index contributed by atoms with van der Waals surface area (Å²) >= 11 is 0. The van der Waals surface area contributed by atoms with Crippen molar-refractivity contribution in [2.24, 2.45) is 16.7 Å².